The van der Waals surface area contributed by atoms with Crippen molar-refractivity contribution in [2.24, 2.45) is 0 Å². The molecule has 0 radical (unpaired) electrons. The van der Waals surface area contributed by atoms with E-state index in [2.05, 4.69) is 0 Å². The molecule has 1 heterocycles. The number of carbonyl (C=O) groups is 3. The third kappa shape index (κ3) is 6.16. The molecule has 1 aromatic heterocycles. The molecule has 0 bridgehead atoms. The molecule has 11 nitrogen and oxygen atoms in total. The summed E-state index contributed by atoms with van der Waals surface area (Å²) in [6.07, 6.45) is -2.15. The van der Waals surface area contributed by atoms with Crippen LogP contribution in [0.3, 0.4) is 0 Å². The highest BCUT2D eigenvalue weighted by Crippen LogP contribution is 2.32. The number of fused-ring (bicyclic) bond motifs is 3. The summed E-state index contributed by atoms with van der Waals surface area (Å²) in [5, 5.41) is 12.7. The van der Waals surface area contributed by atoms with Crippen LogP contribution in [-0.2, 0) is 25.5 Å². The van der Waals surface area contributed by atoms with Gasteiger partial charge in [-0.3, -0.25) is 10.1 Å². The van der Waals surface area contributed by atoms with E-state index < -0.39 is 40.3 Å². The molecule has 2 aromatic carbocycles. The van der Waals surface area contributed by atoms with Crippen LogP contribution in [0, 0.1) is 10.1 Å². The standard InChI is InChI=1S/C26H31N3O8/c1-25(2,3)36-23(31)28(24(32)37-26(4,5)6)21(22(30)35-7)15-27-19-11-9-8-10-17(19)18-14-16(29(33)34)12-13-20(18)27/h8-14,21H,15H2,1-7H3/t21-/m0/s1. The van der Waals surface area contributed by atoms with E-state index >= 15 is 0 Å². The fourth-order valence-corrected chi connectivity index (χ4v) is 3.87. The number of imide groups is 1. The summed E-state index contributed by atoms with van der Waals surface area (Å²) in [7, 11) is 1.15. The van der Waals surface area contributed by atoms with Crippen molar-refractivity contribution in [1.29, 1.82) is 0 Å². The van der Waals surface area contributed by atoms with Crippen LogP contribution in [0.15, 0.2) is 42.5 Å². The maximum absolute atomic E-state index is 13.2. The van der Waals surface area contributed by atoms with Crippen molar-refractivity contribution in [3.05, 3.63) is 52.6 Å². The number of amides is 2. The Morgan fingerprint density at radius 2 is 1.46 bits per heavy atom. The molecule has 0 fully saturated rings. The maximum atomic E-state index is 13.2. The maximum Gasteiger partial charge on any atom is 0.420 e. The summed E-state index contributed by atoms with van der Waals surface area (Å²) < 4.78 is 17.6. The van der Waals surface area contributed by atoms with Crippen LogP contribution in [0.5, 0.6) is 0 Å². The molecule has 2 amide bonds. The highest BCUT2D eigenvalue weighted by atomic mass is 16.6. The van der Waals surface area contributed by atoms with Crippen LogP contribution in [0.2, 0.25) is 0 Å². The number of methoxy groups -OCH3 is 1. The number of para-hydroxylation sites is 1. The topological polar surface area (TPSA) is 130 Å². The molecule has 0 saturated carbocycles. The molecule has 0 unspecified atom stereocenters. The van der Waals surface area contributed by atoms with Gasteiger partial charge in [-0.25, -0.2) is 14.4 Å². The largest absolute Gasteiger partial charge is 0.467 e. The van der Waals surface area contributed by atoms with Crippen LogP contribution < -0.4 is 0 Å². The van der Waals surface area contributed by atoms with Gasteiger partial charge in [-0.05, 0) is 53.7 Å². The van der Waals surface area contributed by atoms with Gasteiger partial charge < -0.3 is 18.8 Å². The number of nitro groups is 1. The number of benzene rings is 2. The molecule has 0 aliphatic carbocycles. The Hall–Kier alpha value is -4.15. The number of non-ortho nitro benzene ring substituents is 1. The number of esters is 1. The third-order valence-electron chi connectivity index (χ3n) is 5.29. The summed E-state index contributed by atoms with van der Waals surface area (Å²) in [6.45, 7) is 9.57. The zero-order chi connectivity index (χ0) is 27.7. The average Bonchev–Trinajstić information content (AvgIpc) is 3.08. The van der Waals surface area contributed by atoms with Crippen molar-refractivity contribution in [2.45, 2.75) is 65.3 Å². The summed E-state index contributed by atoms with van der Waals surface area (Å²) in [4.78, 5) is 51.0. The second kappa shape index (κ2) is 10.1. The first kappa shape index (κ1) is 27.4. The van der Waals surface area contributed by atoms with Crippen molar-refractivity contribution >= 4 is 45.6 Å². The van der Waals surface area contributed by atoms with Crippen LogP contribution in [0.4, 0.5) is 15.3 Å². The Morgan fingerprint density at radius 1 is 0.919 bits per heavy atom. The highest BCUT2D eigenvalue weighted by molar-refractivity contribution is 6.09. The minimum Gasteiger partial charge on any atom is -0.467 e. The number of ether oxygens (including phenoxy) is 3. The van der Waals surface area contributed by atoms with Crippen LogP contribution in [-0.4, -0.2) is 56.9 Å². The lowest BCUT2D eigenvalue weighted by Crippen LogP contribution is -2.53. The second-order valence-corrected chi connectivity index (χ2v) is 10.5. The minimum absolute atomic E-state index is 0.0935. The Kier molecular flexibility index (Phi) is 7.47. The van der Waals surface area contributed by atoms with E-state index in [0.717, 1.165) is 7.11 Å². The molecule has 3 rings (SSSR count). The number of hydrogen-bond donors (Lipinski definition) is 0. The van der Waals surface area contributed by atoms with Gasteiger partial charge in [0.05, 0.1) is 18.6 Å². The summed E-state index contributed by atoms with van der Waals surface area (Å²) in [5.74, 6) is -0.871. The SMILES string of the molecule is COC(=O)[C@H](Cn1c2ccccc2c2cc([N+](=O)[O-])ccc21)N(C(=O)OC(C)(C)C)C(=O)OC(C)(C)C. The van der Waals surface area contributed by atoms with Crippen LogP contribution >= 0.6 is 0 Å². The fraction of sp³-hybridized carbons (Fsp3) is 0.423. The van der Waals surface area contributed by atoms with Gasteiger partial charge in [-0.2, -0.15) is 4.90 Å². The Balaban J connectivity index is 2.20. The first-order valence-electron chi connectivity index (χ1n) is 11.6. The zero-order valence-electron chi connectivity index (χ0n) is 21.9. The Bertz CT molecular complexity index is 1340. The summed E-state index contributed by atoms with van der Waals surface area (Å²) in [5.41, 5.74) is -0.827. The first-order valence-corrected chi connectivity index (χ1v) is 11.6. The van der Waals surface area contributed by atoms with Gasteiger partial charge in [0, 0.05) is 33.9 Å². The van der Waals surface area contributed by atoms with Gasteiger partial charge in [-0.15, -0.1) is 0 Å². The molecule has 3 aromatic rings. The molecular formula is C26H31N3O8. The van der Waals surface area contributed by atoms with E-state index in [1.54, 1.807) is 76.4 Å². The van der Waals surface area contributed by atoms with Gasteiger partial charge >= 0.3 is 18.2 Å². The molecule has 0 saturated heterocycles. The van der Waals surface area contributed by atoms with Gasteiger partial charge in [0.25, 0.3) is 5.69 Å². The Labute approximate surface area is 214 Å². The quantitative estimate of drug-likeness (QED) is 0.191. The molecule has 0 aliphatic heterocycles. The molecular weight excluding hydrogens is 482 g/mol. The van der Waals surface area contributed by atoms with E-state index in [1.807, 2.05) is 0 Å². The van der Waals surface area contributed by atoms with Crippen LogP contribution in [0.1, 0.15) is 41.5 Å². The lowest BCUT2D eigenvalue weighted by molar-refractivity contribution is -0.384. The number of rotatable bonds is 5. The molecule has 0 N–H and O–H groups in total. The normalized spacial score (nSPS) is 12.7. The molecule has 1 atom stereocenters. The van der Waals surface area contributed by atoms with E-state index in [0.29, 0.717) is 26.7 Å². The predicted octanol–water partition coefficient (Wildman–Crippen LogP) is 5.42. The van der Waals surface area contributed by atoms with E-state index in [9.17, 15) is 24.5 Å². The fourth-order valence-electron chi connectivity index (χ4n) is 3.87. The molecule has 198 valence electrons. The monoisotopic (exact) mass is 513 g/mol. The number of carbonyl (C=O) groups excluding carboxylic acids is 3. The van der Waals surface area contributed by atoms with E-state index in [4.69, 9.17) is 14.2 Å². The van der Waals surface area contributed by atoms with Crippen molar-refractivity contribution in [1.82, 2.24) is 9.47 Å². The highest BCUT2D eigenvalue weighted by Gasteiger charge is 2.41. The predicted molar refractivity (Wildman–Crippen MR) is 136 cm³/mol. The van der Waals surface area contributed by atoms with E-state index in [-0.39, 0.29) is 12.2 Å². The van der Waals surface area contributed by atoms with E-state index in [1.165, 1.54) is 12.1 Å². The van der Waals surface area contributed by atoms with Crippen molar-refractivity contribution in [3.63, 3.8) is 0 Å². The molecule has 0 aliphatic rings. The van der Waals surface area contributed by atoms with Gasteiger partial charge in [-0.1, -0.05) is 18.2 Å². The van der Waals surface area contributed by atoms with Gasteiger partial charge in [0.15, 0.2) is 6.04 Å². The van der Waals surface area contributed by atoms with Crippen molar-refractivity contribution in [2.75, 3.05) is 7.11 Å². The lowest BCUT2D eigenvalue weighted by Gasteiger charge is -2.32. The number of nitro benzene ring substituents is 1. The van der Waals surface area contributed by atoms with Crippen LogP contribution in [0.25, 0.3) is 21.8 Å². The Morgan fingerprint density at radius 3 is 1.97 bits per heavy atom. The lowest BCUT2D eigenvalue weighted by atomic mass is 10.1. The summed E-state index contributed by atoms with van der Waals surface area (Å²) >= 11 is 0. The minimum atomic E-state index is -1.47. The van der Waals surface area contributed by atoms with Crippen molar-refractivity contribution in [3.8, 4) is 0 Å². The number of hydrogen-bond acceptors (Lipinski definition) is 8. The number of aromatic nitrogens is 1. The van der Waals surface area contributed by atoms with Gasteiger partial charge in [0.1, 0.15) is 11.2 Å². The molecule has 11 heteroatoms. The molecule has 0 spiro atoms. The molecule has 37 heavy (non-hydrogen) atoms. The number of nitrogens with zero attached hydrogens (tertiary/aromatic N) is 3. The smallest absolute Gasteiger partial charge is 0.420 e. The summed E-state index contributed by atoms with van der Waals surface area (Å²) in [6, 6.07) is 10.0. The van der Waals surface area contributed by atoms with Gasteiger partial charge in [0.2, 0.25) is 0 Å². The van der Waals surface area contributed by atoms with Crippen molar-refractivity contribution < 1.29 is 33.5 Å². The average molecular weight is 514 g/mol. The third-order valence-corrected chi connectivity index (χ3v) is 5.29. The zero-order valence-corrected chi connectivity index (χ0v) is 21.9. The second-order valence-electron chi connectivity index (χ2n) is 10.5. The first-order chi connectivity index (χ1) is 17.1.